The van der Waals surface area contributed by atoms with Crippen molar-refractivity contribution in [3.05, 3.63) is 23.2 Å². The molecule has 5 nitrogen and oxygen atoms in total. The fourth-order valence-corrected chi connectivity index (χ4v) is 3.85. The zero-order chi connectivity index (χ0) is 16.9. The fourth-order valence-electron chi connectivity index (χ4n) is 2.29. The first kappa shape index (κ1) is 18.2. The lowest BCUT2D eigenvalue weighted by molar-refractivity contribution is 0.566. The van der Waals surface area contributed by atoms with Gasteiger partial charge in [-0.1, -0.05) is 6.42 Å². The first-order valence-electron chi connectivity index (χ1n) is 7.97. The van der Waals surface area contributed by atoms with Crippen molar-refractivity contribution in [3.63, 3.8) is 0 Å². The number of nitrogens with zero attached hydrogens (tertiary/aromatic N) is 1. The van der Waals surface area contributed by atoms with Gasteiger partial charge in [0.1, 0.15) is 0 Å². The van der Waals surface area contributed by atoms with Crippen LogP contribution in [0.4, 0.5) is 5.69 Å². The van der Waals surface area contributed by atoms with Gasteiger partial charge < -0.3 is 5.32 Å². The van der Waals surface area contributed by atoms with E-state index in [-0.39, 0.29) is 5.25 Å². The average molecular weight is 356 g/mol. The van der Waals surface area contributed by atoms with Crippen molar-refractivity contribution in [1.82, 2.24) is 9.71 Å². The van der Waals surface area contributed by atoms with E-state index in [0.29, 0.717) is 6.54 Å². The third-order valence-electron chi connectivity index (χ3n) is 3.84. The van der Waals surface area contributed by atoms with Crippen LogP contribution < -0.4 is 10.0 Å². The molecule has 0 aliphatic heterocycles. The van der Waals surface area contributed by atoms with E-state index in [9.17, 15) is 8.42 Å². The molecule has 0 saturated heterocycles. The van der Waals surface area contributed by atoms with Gasteiger partial charge in [-0.3, -0.25) is 0 Å². The summed E-state index contributed by atoms with van der Waals surface area (Å²) < 4.78 is 27.1. The van der Waals surface area contributed by atoms with Crippen molar-refractivity contribution < 1.29 is 8.42 Å². The van der Waals surface area contributed by atoms with Crippen LogP contribution in [0.2, 0.25) is 0 Å². The van der Waals surface area contributed by atoms with Gasteiger partial charge >= 0.3 is 0 Å². The maximum absolute atomic E-state index is 11.6. The maximum atomic E-state index is 11.6. The van der Waals surface area contributed by atoms with Crippen LogP contribution in [-0.4, -0.2) is 31.7 Å². The average Bonchev–Trinajstić information content (AvgIpc) is 2.97. The largest absolute Gasteiger partial charge is 0.385 e. The van der Waals surface area contributed by atoms with Gasteiger partial charge in [0.05, 0.1) is 21.0 Å². The number of hydrogen-bond donors (Lipinski definition) is 2. The number of anilines is 1. The SMILES string of the molecule is Cc1c(NCCCCCNS(=O)(=O)C(C)C)ccc2ncsc12. The quantitative estimate of drug-likeness (QED) is 0.675. The molecular formula is C16H25N3O2S2. The summed E-state index contributed by atoms with van der Waals surface area (Å²) in [4.78, 5) is 4.32. The van der Waals surface area contributed by atoms with E-state index in [1.165, 1.54) is 10.3 Å². The minimum absolute atomic E-state index is 0.367. The van der Waals surface area contributed by atoms with E-state index in [0.717, 1.165) is 37.0 Å². The summed E-state index contributed by atoms with van der Waals surface area (Å²) in [5.41, 5.74) is 5.33. The summed E-state index contributed by atoms with van der Waals surface area (Å²) in [6, 6.07) is 4.12. The minimum Gasteiger partial charge on any atom is -0.385 e. The molecule has 1 heterocycles. The van der Waals surface area contributed by atoms with E-state index in [1.54, 1.807) is 25.2 Å². The Hall–Kier alpha value is -1.18. The van der Waals surface area contributed by atoms with E-state index in [4.69, 9.17) is 0 Å². The summed E-state index contributed by atoms with van der Waals surface area (Å²) in [6.45, 7) is 6.90. The number of aryl methyl sites for hydroxylation is 1. The topological polar surface area (TPSA) is 71.1 Å². The smallest absolute Gasteiger partial charge is 0.213 e. The van der Waals surface area contributed by atoms with Crippen LogP contribution in [0.25, 0.3) is 10.2 Å². The molecule has 0 spiro atoms. The maximum Gasteiger partial charge on any atom is 0.213 e. The summed E-state index contributed by atoms with van der Waals surface area (Å²) in [7, 11) is -3.13. The Morgan fingerprint density at radius 1 is 1.17 bits per heavy atom. The monoisotopic (exact) mass is 355 g/mol. The van der Waals surface area contributed by atoms with Gasteiger partial charge in [0.15, 0.2) is 0 Å². The van der Waals surface area contributed by atoms with Crippen molar-refractivity contribution in [2.24, 2.45) is 0 Å². The van der Waals surface area contributed by atoms with Crippen molar-refractivity contribution >= 4 is 37.3 Å². The fraction of sp³-hybridized carbons (Fsp3) is 0.562. The molecule has 0 unspecified atom stereocenters. The number of hydrogen-bond acceptors (Lipinski definition) is 5. The van der Waals surface area contributed by atoms with Gasteiger partial charge in [-0.2, -0.15) is 0 Å². The molecule has 0 atom stereocenters. The van der Waals surface area contributed by atoms with Crippen LogP contribution in [-0.2, 0) is 10.0 Å². The molecule has 2 aromatic rings. The van der Waals surface area contributed by atoms with Gasteiger partial charge in [0.2, 0.25) is 10.0 Å². The molecule has 2 rings (SSSR count). The molecule has 0 fully saturated rings. The number of unbranched alkanes of at least 4 members (excludes halogenated alkanes) is 2. The standard InChI is InChI=1S/C16H25N3O2S2/c1-12(2)23(20,21)19-10-6-4-5-9-17-14-7-8-15-16(13(14)3)22-11-18-15/h7-8,11-12,17,19H,4-6,9-10H2,1-3H3. The highest BCUT2D eigenvalue weighted by atomic mass is 32.2. The van der Waals surface area contributed by atoms with Gasteiger partial charge in [-0.05, 0) is 51.3 Å². The van der Waals surface area contributed by atoms with Gasteiger partial charge in [0.25, 0.3) is 0 Å². The van der Waals surface area contributed by atoms with Gasteiger partial charge in [-0.25, -0.2) is 18.1 Å². The number of rotatable bonds is 9. The number of benzene rings is 1. The lowest BCUT2D eigenvalue weighted by Gasteiger charge is -2.11. The highest BCUT2D eigenvalue weighted by Crippen LogP contribution is 2.27. The van der Waals surface area contributed by atoms with E-state index in [1.807, 2.05) is 11.6 Å². The second-order valence-electron chi connectivity index (χ2n) is 5.91. The number of thiazole rings is 1. The number of nitrogens with one attached hydrogen (secondary N) is 2. The lowest BCUT2D eigenvalue weighted by Crippen LogP contribution is -2.31. The van der Waals surface area contributed by atoms with Crippen molar-refractivity contribution in [3.8, 4) is 0 Å². The summed E-state index contributed by atoms with van der Waals surface area (Å²) in [5.74, 6) is 0. The molecule has 1 aromatic carbocycles. The van der Waals surface area contributed by atoms with E-state index < -0.39 is 10.0 Å². The Kier molecular flexibility index (Phi) is 6.38. The highest BCUT2D eigenvalue weighted by molar-refractivity contribution is 7.90. The van der Waals surface area contributed by atoms with Gasteiger partial charge in [-0.15, -0.1) is 11.3 Å². The molecule has 0 aliphatic rings. The first-order valence-corrected chi connectivity index (χ1v) is 10.4. The predicted molar refractivity (Wildman–Crippen MR) is 98.8 cm³/mol. The number of sulfonamides is 1. The van der Waals surface area contributed by atoms with Crippen LogP contribution in [0.1, 0.15) is 38.7 Å². The number of aromatic nitrogens is 1. The Balaban J connectivity index is 1.68. The molecule has 23 heavy (non-hydrogen) atoms. The van der Waals surface area contributed by atoms with Crippen molar-refractivity contribution in [2.75, 3.05) is 18.4 Å². The third kappa shape index (κ3) is 4.89. The first-order chi connectivity index (χ1) is 10.9. The summed E-state index contributed by atoms with van der Waals surface area (Å²) in [6.07, 6.45) is 2.87. The molecule has 0 amide bonds. The van der Waals surface area contributed by atoms with Crippen molar-refractivity contribution in [1.29, 1.82) is 0 Å². The number of fused-ring (bicyclic) bond motifs is 1. The normalized spacial score (nSPS) is 12.2. The predicted octanol–water partition coefficient (Wildman–Crippen LogP) is 3.51. The Morgan fingerprint density at radius 2 is 1.91 bits per heavy atom. The molecule has 128 valence electrons. The van der Waals surface area contributed by atoms with Crippen molar-refractivity contribution in [2.45, 2.75) is 45.3 Å². The molecular weight excluding hydrogens is 330 g/mol. The Bertz CT molecular complexity index is 739. The zero-order valence-electron chi connectivity index (χ0n) is 13.9. The van der Waals surface area contributed by atoms with Crippen LogP contribution in [0.3, 0.4) is 0 Å². The molecule has 2 N–H and O–H groups in total. The Morgan fingerprint density at radius 3 is 2.65 bits per heavy atom. The molecule has 0 radical (unpaired) electrons. The van der Waals surface area contributed by atoms with Crippen LogP contribution in [0.15, 0.2) is 17.6 Å². The summed E-state index contributed by atoms with van der Waals surface area (Å²) in [5, 5.41) is 3.09. The molecule has 0 bridgehead atoms. The van der Waals surface area contributed by atoms with Crippen LogP contribution in [0, 0.1) is 6.92 Å². The van der Waals surface area contributed by atoms with E-state index >= 15 is 0 Å². The summed E-state index contributed by atoms with van der Waals surface area (Å²) >= 11 is 1.67. The van der Waals surface area contributed by atoms with Gasteiger partial charge in [0, 0.05) is 18.8 Å². The zero-order valence-corrected chi connectivity index (χ0v) is 15.6. The Labute approximate surface area is 142 Å². The minimum atomic E-state index is -3.13. The third-order valence-corrected chi connectivity index (χ3v) is 6.65. The van der Waals surface area contributed by atoms with E-state index in [2.05, 4.69) is 28.0 Å². The molecule has 1 aromatic heterocycles. The van der Waals surface area contributed by atoms with Crippen LogP contribution in [0.5, 0.6) is 0 Å². The highest BCUT2D eigenvalue weighted by Gasteiger charge is 2.13. The lowest BCUT2D eigenvalue weighted by atomic mass is 10.1. The second-order valence-corrected chi connectivity index (χ2v) is 9.09. The molecule has 0 aliphatic carbocycles. The molecule has 0 saturated carbocycles. The van der Waals surface area contributed by atoms with Crippen LogP contribution >= 0.6 is 11.3 Å². The molecule has 7 heteroatoms. The second kappa shape index (κ2) is 8.08.